The van der Waals surface area contributed by atoms with Crippen molar-refractivity contribution in [3.63, 3.8) is 0 Å². The summed E-state index contributed by atoms with van der Waals surface area (Å²) in [6, 6.07) is 3.23. The summed E-state index contributed by atoms with van der Waals surface area (Å²) in [6.45, 7) is 1.92. The second-order valence-corrected chi connectivity index (χ2v) is 4.94. The van der Waals surface area contributed by atoms with Crippen molar-refractivity contribution in [2.45, 2.75) is 25.9 Å². The van der Waals surface area contributed by atoms with Crippen molar-refractivity contribution in [2.24, 2.45) is 0 Å². The minimum Gasteiger partial charge on any atom is -0.270 e. The van der Waals surface area contributed by atoms with Crippen molar-refractivity contribution in [3.8, 4) is 5.69 Å². The molecule has 108 valence electrons. The molecular formula is C12H10Cl2F3N3. The average molecular weight is 324 g/mol. The van der Waals surface area contributed by atoms with Gasteiger partial charge in [-0.1, -0.05) is 18.5 Å². The summed E-state index contributed by atoms with van der Waals surface area (Å²) in [5, 5.41) is 7.52. The number of aryl methyl sites for hydroxylation is 1. The first kappa shape index (κ1) is 15.1. The van der Waals surface area contributed by atoms with Crippen LogP contribution in [0.15, 0.2) is 18.2 Å². The molecule has 0 N–H and O–H groups in total. The van der Waals surface area contributed by atoms with Crippen LogP contribution in [0.3, 0.4) is 0 Å². The lowest BCUT2D eigenvalue weighted by atomic mass is 10.2. The Morgan fingerprint density at radius 1 is 1.15 bits per heavy atom. The molecule has 2 rings (SSSR count). The molecule has 3 nitrogen and oxygen atoms in total. The molecule has 2 aromatic rings. The van der Waals surface area contributed by atoms with Crippen LogP contribution >= 0.6 is 23.2 Å². The van der Waals surface area contributed by atoms with E-state index >= 15 is 0 Å². The highest BCUT2D eigenvalue weighted by molar-refractivity contribution is 6.31. The van der Waals surface area contributed by atoms with E-state index < -0.39 is 11.7 Å². The SMILES string of the molecule is CCCc1nnc(Cl)n1-c1cc(Cl)cc(C(F)(F)F)c1. The highest BCUT2D eigenvalue weighted by atomic mass is 35.5. The minimum absolute atomic E-state index is 0.00356. The fourth-order valence-corrected chi connectivity index (χ4v) is 2.27. The number of rotatable bonds is 3. The molecule has 0 unspecified atom stereocenters. The first-order valence-corrected chi connectivity index (χ1v) is 6.56. The molecule has 0 spiro atoms. The van der Waals surface area contributed by atoms with Crippen molar-refractivity contribution >= 4 is 23.2 Å². The maximum absolute atomic E-state index is 12.8. The van der Waals surface area contributed by atoms with E-state index in [0.29, 0.717) is 12.2 Å². The Morgan fingerprint density at radius 3 is 2.45 bits per heavy atom. The molecule has 1 heterocycles. The molecule has 8 heteroatoms. The molecule has 1 aromatic heterocycles. The van der Waals surface area contributed by atoms with E-state index in [2.05, 4.69) is 10.2 Å². The number of hydrogen-bond donors (Lipinski definition) is 0. The van der Waals surface area contributed by atoms with Gasteiger partial charge in [-0.15, -0.1) is 10.2 Å². The summed E-state index contributed by atoms with van der Waals surface area (Å²) in [5.74, 6) is 0.493. The molecule has 20 heavy (non-hydrogen) atoms. The Kier molecular flexibility index (Phi) is 4.25. The van der Waals surface area contributed by atoms with Gasteiger partial charge < -0.3 is 0 Å². The first-order valence-electron chi connectivity index (χ1n) is 5.81. The van der Waals surface area contributed by atoms with Crippen LogP contribution in [-0.2, 0) is 12.6 Å². The maximum Gasteiger partial charge on any atom is 0.416 e. The standard InChI is InChI=1S/C12H10Cl2F3N3/c1-2-3-10-18-19-11(14)20(10)9-5-7(12(15,16)17)4-8(13)6-9/h4-6H,2-3H2,1H3. The summed E-state index contributed by atoms with van der Waals surface area (Å²) in [4.78, 5) is 0. The Bertz CT molecular complexity index is 623. The monoisotopic (exact) mass is 323 g/mol. The van der Waals surface area contributed by atoms with Crippen molar-refractivity contribution < 1.29 is 13.2 Å². The van der Waals surface area contributed by atoms with Gasteiger partial charge in [0.05, 0.1) is 11.3 Å². The van der Waals surface area contributed by atoms with Gasteiger partial charge >= 0.3 is 6.18 Å². The fraction of sp³-hybridized carbons (Fsp3) is 0.333. The van der Waals surface area contributed by atoms with Gasteiger partial charge in [-0.05, 0) is 36.2 Å². The normalized spacial score (nSPS) is 11.9. The summed E-state index contributed by atoms with van der Waals surface area (Å²) in [7, 11) is 0. The molecule has 0 fully saturated rings. The lowest BCUT2D eigenvalue weighted by Crippen LogP contribution is -2.08. The zero-order valence-electron chi connectivity index (χ0n) is 10.4. The topological polar surface area (TPSA) is 30.7 Å². The van der Waals surface area contributed by atoms with Gasteiger partial charge in [0.15, 0.2) is 0 Å². The molecule has 0 aliphatic carbocycles. The molecular weight excluding hydrogens is 314 g/mol. The summed E-state index contributed by atoms with van der Waals surface area (Å²) in [5.41, 5.74) is -0.643. The van der Waals surface area contributed by atoms with E-state index in [1.165, 1.54) is 10.6 Å². The van der Waals surface area contributed by atoms with Crippen LogP contribution in [-0.4, -0.2) is 14.8 Å². The molecule has 0 radical (unpaired) electrons. The third-order valence-electron chi connectivity index (χ3n) is 2.63. The number of benzene rings is 1. The quantitative estimate of drug-likeness (QED) is 0.829. The molecule has 0 aliphatic heterocycles. The fourth-order valence-electron chi connectivity index (χ4n) is 1.80. The molecule has 0 saturated heterocycles. The second kappa shape index (κ2) is 5.61. The van der Waals surface area contributed by atoms with E-state index in [9.17, 15) is 13.2 Å². The van der Waals surface area contributed by atoms with E-state index in [4.69, 9.17) is 23.2 Å². The zero-order chi connectivity index (χ0) is 14.9. The number of hydrogen-bond acceptors (Lipinski definition) is 2. The van der Waals surface area contributed by atoms with Gasteiger partial charge in [-0.2, -0.15) is 13.2 Å². The number of alkyl halides is 3. The van der Waals surface area contributed by atoms with E-state index in [0.717, 1.165) is 18.6 Å². The maximum atomic E-state index is 12.8. The van der Waals surface area contributed by atoms with Crippen LogP contribution in [0.1, 0.15) is 24.7 Å². The lowest BCUT2D eigenvalue weighted by molar-refractivity contribution is -0.137. The number of halogens is 5. The molecule has 0 bridgehead atoms. The molecule has 0 saturated carbocycles. The predicted octanol–water partition coefficient (Wildman–Crippen LogP) is 4.55. The average Bonchev–Trinajstić information content (AvgIpc) is 2.69. The minimum atomic E-state index is -4.48. The van der Waals surface area contributed by atoms with Crippen LogP contribution in [0, 0.1) is 0 Å². The Hall–Kier alpha value is -1.27. The molecule has 0 atom stereocenters. The van der Waals surface area contributed by atoms with Gasteiger partial charge in [-0.25, -0.2) is 0 Å². The predicted molar refractivity (Wildman–Crippen MR) is 70.4 cm³/mol. The van der Waals surface area contributed by atoms with Crippen molar-refractivity contribution in [1.82, 2.24) is 14.8 Å². The molecule has 1 aromatic carbocycles. The van der Waals surface area contributed by atoms with Crippen LogP contribution in [0.2, 0.25) is 10.3 Å². The lowest BCUT2D eigenvalue weighted by Gasteiger charge is -2.12. The van der Waals surface area contributed by atoms with Crippen molar-refractivity contribution in [1.29, 1.82) is 0 Å². The zero-order valence-corrected chi connectivity index (χ0v) is 11.9. The van der Waals surface area contributed by atoms with E-state index in [1.807, 2.05) is 6.92 Å². The molecule has 0 amide bonds. The van der Waals surface area contributed by atoms with Crippen LogP contribution in [0.4, 0.5) is 13.2 Å². The van der Waals surface area contributed by atoms with Gasteiger partial charge in [0.1, 0.15) is 5.82 Å². The molecule has 0 aliphatic rings. The highest BCUT2D eigenvalue weighted by Gasteiger charge is 2.31. The smallest absolute Gasteiger partial charge is 0.270 e. The van der Waals surface area contributed by atoms with Gasteiger partial charge in [0.25, 0.3) is 0 Å². The second-order valence-electron chi connectivity index (χ2n) is 4.17. The largest absolute Gasteiger partial charge is 0.416 e. The number of nitrogens with zero attached hydrogens (tertiary/aromatic N) is 3. The first-order chi connectivity index (χ1) is 9.32. The van der Waals surface area contributed by atoms with E-state index in [1.54, 1.807) is 0 Å². The third kappa shape index (κ3) is 3.07. The summed E-state index contributed by atoms with van der Waals surface area (Å²) < 4.78 is 39.8. The van der Waals surface area contributed by atoms with E-state index in [-0.39, 0.29) is 16.0 Å². The highest BCUT2D eigenvalue weighted by Crippen LogP contribution is 2.33. The van der Waals surface area contributed by atoms with Crippen LogP contribution < -0.4 is 0 Å². The van der Waals surface area contributed by atoms with Crippen molar-refractivity contribution in [2.75, 3.05) is 0 Å². The van der Waals surface area contributed by atoms with Gasteiger partial charge in [0, 0.05) is 11.4 Å². The van der Waals surface area contributed by atoms with Crippen LogP contribution in [0.5, 0.6) is 0 Å². The van der Waals surface area contributed by atoms with Crippen LogP contribution in [0.25, 0.3) is 5.69 Å². The summed E-state index contributed by atoms with van der Waals surface area (Å²) >= 11 is 11.7. The Labute approximate surface area is 123 Å². The Morgan fingerprint density at radius 2 is 1.85 bits per heavy atom. The number of aromatic nitrogens is 3. The van der Waals surface area contributed by atoms with Crippen molar-refractivity contribution in [3.05, 3.63) is 39.9 Å². The third-order valence-corrected chi connectivity index (χ3v) is 3.10. The summed E-state index contributed by atoms with van der Waals surface area (Å²) in [6.07, 6.45) is -3.17. The Balaban J connectivity index is 2.58. The van der Waals surface area contributed by atoms with Gasteiger partial charge in [-0.3, -0.25) is 4.57 Å². The van der Waals surface area contributed by atoms with Gasteiger partial charge in [0.2, 0.25) is 5.28 Å².